The van der Waals surface area contributed by atoms with Crippen LogP contribution in [0.4, 0.5) is 0 Å². The van der Waals surface area contributed by atoms with Crippen LogP contribution in [0.15, 0.2) is 45.1 Å². The lowest BCUT2D eigenvalue weighted by molar-refractivity contribution is 0.585. The lowest BCUT2D eigenvalue weighted by Gasteiger charge is -2.18. The highest BCUT2D eigenvalue weighted by atomic mass is 32.2. The van der Waals surface area contributed by atoms with Crippen molar-refractivity contribution in [1.29, 1.82) is 0 Å². The number of hydrogen-bond acceptors (Lipinski definition) is 5. The molecule has 0 fully saturated rings. The zero-order valence-corrected chi connectivity index (χ0v) is 12.8. The number of benzene rings is 1. The van der Waals surface area contributed by atoms with Crippen LogP contribution in [0.25, 0.3) is 0 Å². The van der Waals surface area contributed by atoms with Gasteiger partial charge in [-0.2, -0.15) is 4.98 Å². The van der Waals surface area contributed by atoms with Crippen LogP contribution in [0.1, 0.15) is 18.5 Å². The van der Waals surface area contributed by atoms with Crippen LogP contribution < -0.4 is 16.4 Å². The van der Waals surface area contributed by atoms with Crippen molar-refractivity contribution in [3.63, 3.8) is 0 Å². The maximum atomic E-state index is 11.3. The van der Waals surface area contributed by atoms with E-state index in [1.54, 1.807) is 7.05 Å². The molecule has 112 valence electrons. The number of aryl methyl sites for hydroxylation is 1. The summed E-state index contributed by atoms with van der Waals surface area (Å²) in [5, 5.41) is 6.35. The number of aromatic amines is 1. The second-order valence-electron chi connectivity index (χ2n) is 4.53. The number of rotatable bonds is 6. The van der Waals surface area contributed by atoms with Gasteiger partial charge in [0.25, 0.3) is 0 Å². The van der Waals surface area contributed by atoms with Crippen molar-refractivity contribution in [3.05, 3.63) is 56.6 Å². The molecule has 0 saturated heterocycles. The summed E-state index contributed by atoms with van der Waals surface area (Å²) < 4.78 is 1.47. The van der Waals surface area contributed by atoms with Gasteiger partial charge in [-0.25, -0.2) is 0 Å². The molecule has 21 heavy (non-hydrogen) atoms. The van der Waals surface area contributed by atoms with E-state index < -0.39 is 11.1 Å². The Bertz CT molecular complexity index is 696. The molecule has 0 spiro atoms. The Morgan fingerprint density at radius 1 is 1.33 bits per heavy atom. The van der Waals surface area contributed by atoms with Gasteiger partial charge in [-0.3, -0.25) is 19.4 Å². The molecule has 6 nitrogen and oxygen atoms in total. The van der Waals surface area contributed by atoms with E-state index in [1.807, 2.05) is 18.2 Å². The normalized spacial score (nSPS) is 12.3. The molecular formula is C14H18N4O2S. The number of hydrogen-bond donors (Lipinski definition) is 2. The van der Waals surface area contributed by atoms with Gasteiger partial charge in [0, 0.05) is 18.8 Å². The summed E-state index contributed by atoms with van der Waals surface area (Å²) in [5.74, 6) is 0.712. The molecule has 7 heteroatoms. The molecule has 0 saturated carbocycles. The summed E-state index contributed by atoms with van der Waals surface area (Å²) in [6.45, 7) is 2.90. The summed E-state index contributed by atoms with van der Waals surface area (Å²) in [7, 11) is 1.67. The molecular weight excluding hydrogens is 288 g/mol. The Hall–Kier alpha value is -1.86. The topological polar surface area (TPSA) is 79.8 Å². The second-order valence-corrected chi connectivity index (χ2v) is 5.52. The Labute approximate surface area is 126 Å². The Balaban J connectivity index is 2.14. The van der Waals surface area contributed by atoms with E-state index in [-0.39, 0.29) is 6.04 Å². The molecule has 2 rings (SSSR count). The fourth-order valence-corrected chi connectivity index (χ4v) is 2.97. The van der Waals surface area contributed by atoms with Crippen LogP contribution >= 0.6 is 11.8 Å². The number of aromatic nitrogens is 3. The molecule has 2 aromatic rings. The summed E-state index contributed by atoms with van der Waals surface area (Å²) in [6.07, 6.45) is 0. The van der Waals surface area contributed by atoms with E-state index in [2.05, 4.69) is 34.5 Å². The molecule has 0 bridgehead atoms. The molecule has 1 unspecified atom stereocenters. The van der Waals surface area contributed by atoms with E-state index in [1.165, 1.54) is 22.0 Å². The number of nitrogens with zero attached hydrogens (tertiary/aromatic N) is 2. The minimum Gasteiger partial charge on any atom is -0.309 e. The molecule has 1 heterocycles. The zero-order chi connectivity index (χ0) is 15.2. The van der Waals surface area contributed by atoms with Gasteiger partial charge in [-0.15, -0.1) is 0 Å². The van der Waals surface area contributed by atoms with Gasteiger partial charge >= 0.3 is 11.1 Å². The van der Waals surface area contributed by atoms with Gasteiger partial charge < -0.3 is 5.32 Å². The third-order valence-corrected chi connectivity index (χ3v) is 4.10. The molecule has 1 aromatic carbocycles. The highest BCUT2D eigenvalue weighted by Gasteiger charge is 2.12. The van der Waals surface area contributed by atoms with Crippen molar-refractivity contribution in [3.8, 4) is 0 Å². The molecule has 0 aliphatic heterocycles. The van der Waals surface area contributed by atoms with Crippen LogP contribution in [0.5, 0.6) is 0 Å². The van der Waals surface area contributed by atoms with Crippen molar-refractivity contribution >= 4 is 11.8 Å². The number of thioether (sulfide) groups is 1. The van der Waals surface area contributed by atoms with Crippen LogP contribution in [0.3, 0.4) is 0 Å². The van der Waals surface area contributed by atoms with Crippen molar-refractivity contribution < 1.29 is 0 Å². The first-order valence-corrected chi connectivity index (χ1v) is 7.69. The van der Waals surface area contributed by atoms with Crippen molar-refractivity contribution in [2.75, 3.05) is 12.3 Å². The minimum absolute atomic E-state index is 0.157. The van der Waals surface area contributed by atoms with Crippen LogP contribution in [-0.4, -0.2) is 27.1 Å². The first kappa shape index (κ1) is 15.5. The van der Waals surface area contributed by atoms with Crippen LogP contribution in [-0.2, 0) is 7.05 Å². The van der Waals surface area contributed by atoms with Gasteiger partial charge in [-0.1, -0.05) is 49.0 Å². The molecule has 0 aliphatic rings. The quantitative estimate of drug-likeness (QED) is 0.612. The van der Waals surface area contributed by atoms with Crippen molar-refractivity contribution in [2.24, 2.45) is 7.05 Å². The maximum absolute atomic E-state index is 11.3. The molecule has 0 radical (unpaired) electrons. The molecule has 0 aliphatic carbocycles. The van der Waals surface area contributed by atoms with Crippen molar-refractivity contribution in [2.45, 2.75) is 18.1 Å². The molecule has 0 amide bonds. The van der Waals surface area contributed by atoms with E-state index in [0.29, 0.717) is 10.9 Å². The molecule has 1 atom stereocenters. The minimum atomic E-state index is -0.754. The van der Waals surface area contributed by atoms with Crippen molar-refractivity contribution in [1.82, 2.24) is 20.1 Å². The molecule has 2 N–H and O–H groups in total. The highest BCUT2D eigenvalue weighted by Crippen LogP contribution is 2.21. The van der Waals surface area contributed by atoms with E-state index in [0.717, 1.165) is 6.54 Å². The molecule has 1 aromatic heterocycles. The third kappa shape index (κ3) is 4.05. The van der Waals surface area contributed by atoms with Gasteiger partial charge in [0.1, 0.15) is 0 Å². The SMILES string of the molecule is CCNC(CSc1nc(=O)c(=O)[nH]n1C)c1ccccc1. The lowest BCUT2D eigenvalue weighted by atomic mass is 10.1. The number of H-pyrrole nitrogens is 1. The monoisotopic (exact) mass is 306 g/mol. The van der Waals surface area contributed by atoms with Crippen LogP contribution in [0.2, 0.25) is 0 Å². The summed E-state index contributed by atoms with van der Waals surface area (Å²) in [5.41, 5.74) is -0.273. The standard InChI is InChI=1S/C14H18N4O2S/c1-3-15-11(10-7-5-4-6-8-10)9-21-14-16-12(19)13(20)17-18(14)2/h4-8,11,15H,3,9H2,1-2H3,(H,17,20). The average molecular weight is 306 g/mol. The largest absolute Gasteiger partial charge is 0.339 e. The second kappa shape index (κ2) is 7.24. The Morgan fingerprint density at radius 2 is 2.05 bits per heavy atom. The summed E-state index contributed by atoms with van der Waals surface area (Å²) in [6, 6.07) is 10.3. The smallest absolute Gasteiger partial charge is 0.309 e. The first-order chi connectivity index (χ1) is 10.1. The Morgan fingerprint density at radius 3 is 2.71 bits per heavy atom. The van der Waals surface area contributed by atoms with E-state index >= 15 is 0 Å². The van der Waals surface area contributed by atoms with Crippen LogP contribution in [0, 0.1) is 0 Å². The van der Waals surface area contributed by atoms with Gasteiger partial charge in [0.15, 0.2) is 5.16 Å². The fourth-order valence-electron chi connectivity index (χ4n) is 1.95. The predicted octanol–water partition coefficient (Wildman–Crippen LogP) is 0.911. The van der Waals surface area contributed by atoms with Gasteiger partial charge in [0.05, 0.1) is 0 Å². The predicted molar refractivity (Wildman–Crippen MR) is 83.7 cm³/mol. The fraction of sp³-hybridized carbons (Fsp3) is 0.357. The first-order valence-electron chi connectivity index (χ1n) is 6.70. The Kier molecular flexibility index (Phi) is 5.35. The lowest BCUT2D eigenvalue weighted by Crippen LogP contribution is -2.34. The van der Waals surface area contributed by atoms with E-state index in [4.69, 9.17) is 0 Å². The summed E-state index contributed by atoms with van der Waals surface area (Å²) >= 11 is 1.43. The third-order valence-electron chi connectivity index (χ3n) is 2.98. The van der Waals surface area contributed by atoms with E-state index in [9.17, 15) is 9.59 Å². The highest BCUT2D eigenvalue weighted by molar-refractivity contribution is 7.99. The summed E-state index contributed by atoms with van der Waals surface area (Å²) in [4.78, 5) is 26.3. The number of nitrogens with one attached hydrogen (secondary N) is 2. The zero-order valence-electron chi connectivity index (χ0n) is 12.0. The average Bonchev–Trinajstić information content (AvgIpc) is 2.49. The maximum Gasteiger partial charge on any atom is 0.339 e. The van der Waals surface area contributed by atoms with Gasteiger partial charge in [0.2, 0.25) is 0 Å². The van der Waals surface area contributed by atoms with Gasteiger partial charge in [-0.05, 0) is 12.1 Å².